The number of thioether (sulfide) groups is 1. The van der Waals surface area contributed by atoms with Crippen LogP contribution < -0.4 is 5.32 Å². The average Bonchev–Trinajstić information content (AvgIpc) is 2.27. The second-order valence-corrected chi connectivity index (χ2v) is 5.62. The Morgan fingerprint density at radius 1 is 1.19 bits per heavy atom. The van der Waals surface area contributed by atoms with E-state index in [2.05, 4.69) is 11.6 Å². The van der Waals surface area contributed by atoms with Crippen LogP contribution in [0, 0.1) is 0 Å². The molecule has 92 valence electrons. The van der Waals surface area contributed by atoms with Crippen molar-refractivity contribution in [2.24, 2.45) is 0 Å². The molecule has 0 spiro atoms. The fraction of sp³-hybridized carbons (Fsp3) is 0.833. The number of hydrogen-bond donors (Lipinski definition) is 1. The number of rotatable bonds is 5. The Balaban J connectivity index is 2.18. The second kappa shape index (κ2) is 6.94. The molecule has 0 aromatic heterocycles. The van der Waals surface area contributed by atoms with Crippen LogP contribution in [-0.4, -0.2) is 29.2 Å². The minimum Gasteiger partial charge on any atom is -0.353 e. The summed E-state index contributed by atoms with van der Waals surface area (Å²) in [6, 6.07) is 0.336. The highest BCUT2D eigenvalue weighted by atomic mass is 32.2. The van der Waals surface area contributed by atoms with Crippen molar-refractivity contribution in [1.29, 1.82) is 0 Å². The number of hydrogen-bond acceptors (Lipinski definition) is 3. The van der Waals surface area contributed by atoms with Gasteiger partial charge < -0.3 is 10.1 Å². The number of carbonyl (C=O) groups excluding carboxylic acids is 2. The third kappa shape index (κ3) is 5.01. The molecule has 1 amide bonds. The maximum absolute atomic E-state index is 11.5. The van der Waals surface area contributed by atoms with E-state index < -0.39 is 0 Å². The number of amides is 1. The molecule has 1 saturated carbocycles. The molecule has 1 fully saturated rings. The van der Waals surface area contributed by atoms with Gasteiger partial charge in [-0.1, -0.05) is 0 Å². The van der Waals surface area contributed by atoms with Crippen LogP contribution in [0.5, 0.6) is 0 Å². The summed E-state index contributed by atoms with van der Waals surface area (Å²) in [5.74, 6) is 0.115. The van der Waals surface area contributed by atoms with Crippen LogP contribution in [0.25, 0.3) is 0 Å². The van der Waals surface area contributed by atoms with Crippen LogP contribution in [0.2, 0.25) is 0 Å². The molecule has 1 aliphatic carbocycles. The Morgan fingerprint density at radius 3 is 2.31 bits per heavy atom. The van der Waals surface area contributed by atoms with Crippen molar-refractivity contribution in [2.75, 3.05) is 6.26 Å². The standard InChI is InChI=1S/C12H21NO2S/c1-9(14)3-8-12(15)13-10-4-6-11(16-2)7-5-10/h10-11H,3-8H2,1-2H3,(H,13,15). The average molecular weight is 243 g/mol. The van der Waals surface area contributed by atoms with Crippen molar-refractivity contribution >= 4 is 23.5 Å². The summed E-state index contributed by atoms with van der Waals surface area (Å²) in [5.41, 5.74) is 0. The molecule has 0 unspecified atom stereocenters. The Bertz CT molecular complexity index is 247. The molecule has 0 atom stereocenters. The van der Waals surface area contributed by atoms with Crippen molar-refractivity contribution in [1.82, 2.24) is 5.32 Å². The van der Waals surface area contributed by atoms with Crippen LogP contribution in [0.1, 0.15) is 45.4 Å². The lowest BCUT2D eigenvalue weighted by Crippen LogP contribution is -2.38. The molecule has 1 rings (SSSR count). The Kier molecular flexibility index (Phi) is 5.88. The van der Waals surface area contributed by atoms with E-state index in [9.17, 15) is 9.59 Å². The van der Waals surface area contributed by atoms with Crippen molar-refractivity contribution in [2.45, 2.75) is 56.7 Å². The zero-order valence-corrected chi connectivity index (χ0v) is 10.9. The van der Waals surface area contributed by atoms with Gasteiger partial charge in [-0.15, -0.1) is 0 Å². The molecule has 0 heterocycles. The van der Waals surface area contributed by atoms with Crippen LogP contribution >= 0.6 is 11.8 Å². The molecular weight excluding hydrogens is 222 g/mol. The molecule has 0 aliphatic heterocycles. The highest BCUT2D eigenvalue weighted by Crippen LogP contribution is 2.26. The predicted octanol–water partition coefficient (Wildman–Crippen LogP) is 2.15. The van der Waals surface area contributed by atoms with Gasteiger partial charge >= 0.3 is 0 Å². The van der Waals surface area contributed by atoms with E-state index in [-0.39, 0.29) is 11.7 Å². The smallest absolute Gasteiger partial charge is 0.220 e. The Morgan fingerprint density at radius 2 is 1.81 bits per heavy atom. The van der Waals surface area contributed by atoms with Gasteiger partial charge in [0.05, 0.1) is 0 Å². The number of ketones is 1. The summed E-state index contributed by atoms with van der Waals surface area (Å²) in [6.07, 6.45) is 7.41. The maximum atomic E-state index is 11.5. The quantitative estimate of drug-likeness (QED) is 0.804. The second-order valence-electron chi connectivity index (χ2n) is 4.48. The van der Waals surface area contributed by atoms with Crippen molar-refractivity contribution in [3.8, 4) is 0 Å². The molecule has 1 N–H and O–H groups in total. The summed E-state index contributed by atoms with van der Waals surface area (Å²) in [5, 5.41) is 3.79. The third-order valence-electron chi connectivity index (χ3n) is 3.08. The van der Waals surface area contributed by atoms with Gasteiger partial charge in [-0.25, -0.2) is 0 Å². The maximum Gasteiger partial charge on any atom is 0.220 e. The summed E-state index contributed by atoms with van der Waals surface area (Å²) < 4.78 is 0. The SMILES string of the molecule is CSC1CCC(NC(=O)CCC(C)=O)CC1. The van der Waals surface area contributed by atoms with E-state index in [1.165, 1.54) is 19.8 Å². The topological polar surface area (TPSA) is 46.2 Å². The Labute approximate surface area is 102 Å². The zero-order valence-electron chi connectivity index (χ0n) is 10.1. The van der Waals surface area contributed by atoms with Crippen LogP contribution in [0.15, 0.2) is 0 Å². The molecule has 4 heteroatoms. The van der Waals surface area contributed by atoms with Gasteiger partial charge in [-0.2, -0.15) is 11.8 Å². The van der Waals surface area contributed by atoms with Gasteiger partial charge in [-0.3, -0.25) is 4.79 Å². The van der Waals surface area contributed by atoms with E-state index in [0.29, 0.717) is 18.9 Å². The molecule has 1 aliphatic rings. The van der Waals surface area contributed by atoms with E-state index >= 15 is 0 Å². The van der Waals surface area contributed by atoms with E-state index in [0.717, 1.165) is 18.1 Å². The predicted molar refractivity (Wildman–Crippen MR) is 67.6 cm³/mol. The highest BCUT2D eigenvalue weighted by Gasteiger charge is 2.21. The minimum absolute atomic E-state index is 0.0304. The van der Waals surface area contributed by atoms with Gasteiger partial charge in [0.2, 0.25) is 5.91 Å². The monoisotopic (exact) mass is 243 g/mol. The molecule has 0 aromatic carbocycles. The summed E-state index contributed by atoms with van der Waals surface area (Å²) in [6.45, 7) is 1.52. The van der Waals surface area contributed by atoms with Gasteiger partial charge in [0.1, 0.15) is 5.78 Å². The van der Waals surface area contributed by atoms with E-state index in [1.54, 1.807) is 0 Å². The normalized spacial score (nSPS) is 25.1. The van der Waals surface area contributed by atoms with Gasteiger partial charge in [0.25, 0.3) is 0 Å². The lowest BCUT2D eigenvalue weighted by atomic mass is 9.95. The molecular formula is C12H21NO2S. The zero-order chi connectivity index (χ0) is 12.0. The minimum atomic E-state index is 0.0304. The summed E-state index contributed by atoms with van der Waals surface area (Å²) >= 11 is 1.92. The van der Waals surface area contributed by atoms with Gasteiger partial charge in [0, 0.05) is 24.1 Å². The molecule has 0 radical (unpaired) electrons. The van der Waals surface area contributed by atoms with E-state index in [4.69, 9.17) is 0 Å². The molecule has 0 saturated heterocycles. The third-order valence-corrected chi connectivity index (χ3v) is 4.21. The fourth-order valence-corrected chi connectivity index (χ4v) is 2.78. The van der Waals surface area contributed by atoms with Gasteiger partial charge in [-0.05, 0) is 38.9 Å². The number of nitrogens with one attached hydrogen (secondary N) is 1. The highest BCUT2D eigenvalue weighted by molar-refractivity contribution is 7.99. The first-order valence-corrected chi connectivity index (χ1v) is 7.22. The number of carbonyl (C=O) groups is 2. The fourth-order valence-electron chi connectivity index (χ4n) is 2.03. The first-order chi connectivity index (χ1) is 7.61. The lowest BCUT2D eigenvalue weighted by Gasteiger charge is -2.28. The number of Topliss-reactive ketones (excluding diaryl/α,β-unsaturated/α-hetero) is 1. The van der Waals surface area contributed by atoms with Crippen molar-refractivity contribution in [3.63, 3.8) is 0 Å². The van der Waals surface area contributed by atoms with Crippen molar-refractivity contribution in [3.05, 3.63) is 0 Å². The largest absolute Gasteiger partial charge is 0.353 e. The Hall–Kier alpha value is -0.510. The molecule has 16 heavy (non-hydrogen) atoms. The molecule has 3 nitrogen and oxygen atoms in total. The van der Waals surface area contributed by atoms with Gasteiger partial charge in [0.15, 0.2) is 0 Å². The molecule has 0 bridgehead atoms. The molecule has 0 aromatic rings. The van der Waals surface area contributed by atoms with Crippen LogP contribution in [0.4, 0.5) is 0 Å². The first kappa shape index (κ1) is 13.6. The van der Waals surface area contributed by atoms with Crippen LogP contribution in [-0.2, 0) is 9.59 Å². The first-order valence-electron chi connectivity index (χ1n) is 5.93. The lowest BCUT2D eigenvalue weighted by molar-refractivity contribution is -0.125. The van der Waals surface area contributed by atoms with E-state index in [1.807, 2.05) is 11.8 Å². The summed E-state index contributed by atoms with van der Waals surface area (Å²) in [4.78, 5) is 22.2. The van der Waals surface area contributed by atoms with Crippen LogP contribution in [0.3, 0.4) is 0 Å². The van der Waals surface area contributed by atoms with Crippen molar-refractivity contribution < 1.29 is 9.59 Å². The summed E-state index contributed by atoms with van der Waals surface area (Å²) in [7, 11) is 0.